The summed E-state index contributed by atoms with van der Waals surface area (Å²) in [7, 11) is 0. The molecule has 31 heavy (non-hydrogen) atoms. The molecule has 2 heterocycles. The largest absolute Gasteiger partial charge is 0.322 e. The number of nitrogens with one attached hydrogen (secondary N) is 2. The van der Waals surface area contributed by atoms with E-state index >= 15 is 0 Å². The number of nitrogens with zero attached hydrogens (tertiary/aromatic N) is 1. The number of amides is 2. The fourth-order valence-electron chi connectivity index (χ4n) is 4.85. The predicted octanol–water partition coefficient (Wildman–Crippen LogP) is -0.172. The third-order valence-electron chi connectivity index (χ3n) is 6.80. The third kappa shape index (κ3) is 5.33. The first-order valence-corrected chi connectivity index (χ1v) is 11.5. The summed E-state index contributed by atoms with van der Waals surface area (Å²) in [4.78, 5) is 29.7. The van der Waals surface area contributed by atoms with E-state index in [4.69, 9.17) is 0 Å². The number of hydrogen-bond donors (Lipinski definition) is 2. The minimum absolute atomic E-state index is 0.0233. The van der Waals surface area contributed by atoms with Gasteiger partial charge in [0.1, 0.15) is 32.7 Å². The van der Waals surface area contributed by atoms with Crippen LogP contribution in [-0.2, 0) is 9.59 Å². The summed E-state index contributed by atoms with van der Waals surface area (Å²) in [6.45, 7) is 8.66. The van der Waals surface area contributed by atoms with E-state index in [0.717, 1.165) is 45.7 Å². The molecule has 5 nitrogen and oxygen atoms in total. The van der Waals surface area contributed by atoms with Gasteiger partial charge < -0.3 is 9.80 Å². The first kappa shape index (κ1) is 21.5. The van der Waals surface area contributed by atoms with Crippen molar-refractivity contribution >= 4 is 17.9 Å². The first-order valence-electron chi connectivity index (χ1n) is 11.5. The number of piperazine rings is 1. The molecule has 2 amide bonds. The van der Waals surface area contributed by atoms with Crippen molar-refractivity contribution in [2.24, 2.45) is 11.8 Å². The van der Waals surface area contributed by atoms with Crippen LogP contribution in [0.5, 0.6) is 0 Å². The number of imide groups is 1. The highest BCUT2D eigenvalue weighted by Crippen LogP contribution is 2.37. The Morgan fingerprint density at radius 3 is 2.48 bits per heavy atom. The van der Waals surface area contributed by atoms with Crippen LogP contribution in [0.2, 0.25) is 0 Å². The van der Waals surface area contributed by atoms with Crippen LogP contribution in [0.1, 0.15) is 25.3 Å². The number of likely N-dealkylation sites (tertiary alicyclic amines) is 1. The van der Waals surface area contributed by atoms with E-state index in [1.54, 1.807) is 4.90 Å². The molecule has 1 aliphatic carbocycles. The van der Waals surface area contributed by atoms with Crippen molar-refractivity contribution in [3.05, 3.63) is 53.6 Å². The van der Waals surface area contributed by atoms with Crippen molar-refractivity contribution in [2.45, 2.75) is 19.8 Å². The SMILES string of the molecule is CC1=CC[C@@H]2C(=O)N(CC#CC[NH+]3CC[NH+](C/C=C/c4ccccc4)CC3)C(=O)[C@H]2C1. The summed E-state index contributed by atoms with van der Waals surface area (Å²) in [5, 5.41) is 0. The van der Waals surface area contributed by atoms with Crippen molar-refractivity contribution in [1.29, 1.82) is 0 Å². The number of fused-ring (bicyclic) bond motifs is 1. The smallest absolute Gasteiger partial charge is 0.234 e. The molecule has 0 radical (unpaired) electrons. The second-order valence-corrected chi connectivity index (χ2v) is 9.01. The molecular weight excluding hydrogens is 386 g/mol. The van der Waals surface area contributed by atoms with E-state index in [1.807, 2.05) is 13.0 Å². The molecule has 0 aromatic heterocycles. The van der Waals surface area contributed by atoms with E-state index in [2.05, 4.69) is 54.3 Å². The van der Waals surface area contributed by atoms with Crippen molar-refractivity contribution in [3.63, 3.8) is 0 Å². The van der Waals surface area contributed by atoms with Crippen LogP contribution >= 0.6 is 0 Å². The standard InChI is InChI=1S/C26H31N3O2/c1-21-11-12-23-24(20-21)26(31)29(25(23)30)15-6-5-13-27-16-18-28(19-17-27)14-7-10-22-8-3-2-4-9-22/h2-4,7-11,23-24H,12-20H2,1H3/p+2/b10-7+/t23-,24-/m0/s1. The van der Waals surface area contributed by atoms with Crippen LogP contribution in [0.4, 0.5) is 0 Å². The van der Waals surface area contributed by atoms with Gasteiger partial charge in [-0.2, -0.15) is 0 Å². The maximum Gasteiger partial charge on any atom is 0.234 e. The lowest BCUT2D eigenvalue weighted by molar-refractivity contribution is -1.01. The Kier molecular flexibility index (Phi) is 7.01. The quantitative estimate of drug-likeness (QED) is 0.396. The zero-order chi connectivity index (χ0) is 21.6. The van der Waals surface area contributed by atoms with E-state index in [0.29, 0.717) is 6.42 Å². The summed E-state index contributed by atoms with van der Waals surface area (Å²) in [5.74, 6) is 5.96. The van der Waals surface area contributed by atoms with Gasteiger partial charge in [0.2, 0.25) is 11.8 Å². The van der Waals surface area contributed by atoms with E-state index in [-0.39, 0.29) is 30.2 Å². The predicted molar refractivity (Wildman–Crippen MR) is 121 cm³/mol. The zero-order valence-corrected chi connectivity index (χ0v) is 18.4. The first-order chi connectivity index (χ1) is 15.1. The highest BCUT2D eigenvalue weighted by atomic mass is 16.2. The fourth-order valence-corrected chi connectivity index (χ4v) is 4.85. The summed E-state index contributed by atoms with van der Waals surface area (Å²) in [6, 6.07) is 10.4. The Morgan fingerprint density at radius 1 is 1.00 bits per heavy atom. The molecular formula is C26H33N3O2+2. The number of allylic oxidation sites excluding steroid dienone is 2. The molecule has 162 valence electrons. The Bertz CT molecular complexity index is 917. The number of carbonyl (C=O) groups excluding carboxylic acids is 2. The van der Waals surface area contributed by atoms with Gasteiger partial charge in [-0.15, -0.1) is 0 Å². The molecule has 2 saturated heterocycles. The molecule has 0 saturated carbocycles. The molecule has 0 spiro atoms. The molecule has 5 heteroatoms. The lowest BCUT2D eigenvalue weighted by atomic mass is 9.82. The second kappa shape index (κ2) is 10.1. The maximum absolute atomic E-state index is 12.6. The lowest BCUT2D eigenvalue weighted by Gasteiger charge is -2.27. The van der Waals surface area contributed by atoms with Gasteiger partial charge in [0.15, 0.2) is 0 Å². The highest BCUT2D eigenvalue weighted by molar-refractivity contribution is 6.05. The number of benzene rings is 1. The lowest BCUT2D eigenvalue weighted by Crippen LogP contribution is -3.28. The van der Waals surface area contributed by atoms with Gasteiger partial charge in [0.25, 0.3) is 0 Å². The number of rotatable bonds is 5. The fraction of sp³-hybridized carbons (Fsp3) is 0.462. The molecule has 1 aromatic carbocycles. The topological polar surface area (TPSA) is 46.3 Å². The van der Waals surface area contributed by atoms with Gasteiger partial charge in [0, 0.05) is 0 Å². The Morgan fingerprint density at radius 2 is 1.71 bits per heavy atom. The van der Waals surface area contributed by atoms with E-state index in [9.17, 15) is 9.59 Å². The summed E-state index contributed by atoms with van der Waals surface area (Å²) < 4.78 is 0. The second-order valence-electron chi connectivity index (χ2n) is 9.01. The van der Waals surface area contributed by atoms with E-state index < -0.39 is 0 Å². The van der Waals surface area contributed by atoms with Gasteiger partial charge in [-0.3, -0.25) is 14.5 Å². The Hall–Kier alpha value is -2.68. The number of quaternary nitrogens is 2. The molecule has 2 fully saturated rings. The van der Waals surface area contributed by atoms with Crippen LogP contribution in [0.3, 0.4) is 0 Å². The van der Waals surface area contributed by atoms with Crippen molar-refractivity contribution < 1.29 is 19.4 Å². The Balaban J connectivity index is 1.18. The summed E-state index contributed by atoms with van der Waals surface area (Å²) in [5.41, 5.74) is 2.47. The average molecular weight is 420 g/mol. The van der Waals surface area contributed by atoms with Gasteiger partial charge in [0.05, 0.1) is 24.9 Å². The minimum Gasteiger partial charge on any atom is -0.322 e. The molecule has 0 bridgehead atoms. The molecule has 2 atom stereocenters. The van der Waals surface area contributed by atoms with Gasteiger partial charge in [-0.25, -0.2) is 0 Å². The van der Waals surface area contributed by atoms with Crippen molar-refractivity contribution in [1.82, 2.24) is 4.90 Å². The van der Waals surface area contributed by atoms with Crippen LogP contribution in [0.25, 0.3) is 6.08 Å². The molecule has 2 N–H and O–H groups in total. The van der Waals surface area contributed by atoms with Crippen LogP contribution in [0, 0.1) is 23.7 Å². The monoisotopic (exact) mass is 419 g/mol. The number of hydrogen-bond acceptors (Lipinski definition) is 2. The molecule has 2 aliphatic heterocycles. The third-order valence-corrected chi connectivity index (χ3v) is 6.80. The van der Waals surface area contributed by atoms with Crippen LogP contribution in [-0.4, -0.2) is 62.5 Å². The minimum atomic E-state index is -0.157. The van der Waals surface area contributed by atoms with Crippen molar-refractivity contribution in [3.8, 4) is 11.8 Å². The van der Waals surface area contributed by atoms with Gasteiger partial charge >= 0.3 is 0 Å². The number of carbonyl (C=O) groups is 2. The normalized spacial score (nSPS) is 28.3. The highest BCUT2D eigenvalue weighted by Gasteiger charge is 2.47. The average Bonchev–Trinajstić information content (AvgIpc) is 3.02. The Labute approximate surface area is 185 Å². The summed E-state index contributed by atoms with van der Waals surface area (Å²) in [6.07, 6.45) is 7.99. The van der Waals surface area contributed by atoms with Gasteiger partial charge in [-0.05, 0) is 37.3 Å². The summed E-state index contributed by atoms with van der Waals surface area (Å²) >= 11 is 0. The molecule has 3 aliphatic rings. The van der Waals surface area contributed by atoms with Crippen LogP contribution < -0.4 is 9.80 Å². The molecule has 1 aromatic rings. The maximum atomic E-state index is 12.6. The zero-order valence-electron chi connectivity index (χ0n) is 18.4. The van der Waals surface area contributed by atoms with Gasteiger partial charge in [-0.1, -0.05) is 54.0 Å². The van der Waals surface area contributed by atoms with Crippen LogP contribution in [0.15, 0.2) is 48.1 Å². The van der Waals surface area contributed by atoms with E-state index in [1.165, 1.54) is 20.9 Å². The molecule has 0 unspecified atom stereocenters. The van der Waals surface area contributed by atoms with Crippen molar-refractivity contribution in [2.75, 3.05) is 45.8 Å². The molecule has 4 rings (SSSR count).